The van der Waals surface area contributed by atoms with Gasteiger partial charge in [0.2, 0.25) is 0 Å². The van der Waals surface area contributed by atoms with Crippen LogP contribution in [0.3, 0.4) is 0 Å². The van der Waals surface area contributed by atoms with Crippen molar-refractivity contribution in [3.8, 4) is 12.1 Å². The largest absolute Gasteiger partial charge is 0.201 e. The third-order valence-corrected chi connectivity index (χ3v) is 4.56. The van der Waals surface area contributed by atoms with E-state index in [1.165, 1.54) is 21.8 Å². The number of nitrogens with zero attached hydrogens (tertiary/aromatic N) is 5. The Morgan fingerprint density at radius 2 is 1.94 bits per heavy atom. The number of aromatic nitrogens is 2. The first-order valence-corrected chi connectivity index (χ1v) is 7.20. The molecule has 1 aromatic heterocycles. The molecule has 3 rings (SSSR count). The van der Waals surface area contributed by atoms with Gasteiger partial charge < -0.3 is 0 Å². The zero-order valence-corrected chi connectivity index (χ0v) is 10.5. The van der Waals surface area contributed by atoms with Crippen LogP contribution < -0.4 is 10.6 Å². The van der Waals surface area contributed by atoms with Gasteiger partial charge in [0, 0.05) is 21.1 Å². The van der Waals surface area contributed by atoms with E-state index in [1.54, 1.807) is 6.07 Å². The SMILES string of the molecule is N#CC(C#N)=c1cc2c(c3nsnc13)=NSS2. The van der Waals surface area contributed by atoms with Gasteiger partial charge in [-0.15, -0.1) is 0 Å². The van der Waals surface area contributed by atoms with Crippen LogP contribution >= 0.6 is 33.5 Å². The maximum Gasteiger partial charge on any atom is 0.139 e. The standard InChI is InChI=1S/C9HN5S3/c10-2-4(3-11)5-1-6-8(14-17-15-6)9-7(5)12-16-13-9/h1H. The van der Waals surface area contributed by atoms with Crippen molar-refractivity contribution in [2.75, 3.05) is 0 Å². The summed E-state index contributed by atoms with van der Waals surface area (Å²) in [6.07, 6.45) is 0. The normalized spacial score (nSPS) is 12.6. The topological polar surface area (TPSA) is 85.7 Å². The average molecular weight is 275 g/mol. The molecule has 80 valence electrons. The van der Waals surface area contributed by atoms with Crippen LogP contribution in [0.2, 0.25) is 0 Å². The molecule has 8 heteroatoms. The molecule has 0 unspecified atom stereocenters. The van der Waals surface area contributed by atoms with Crippen LogP contribution in [-0.4, -0.2) is 8.75 Å². The monoisotopic (exact) mass is 275 g/mol. The molecule has 17 heavy (non-hydrogen) atoms. The van der Waals surface area contributed by atoms with Crippen LogP contribution in [0, 0.1) is 22.7 Å². The zero-order valence-electron chi connectivity index (χ0n) is 8.04. The van der Waals surface area contributed by atoms with E-state index in [0.717, 1.165) is 22.0 Å². The third kappa shape index (κ3) is 1.50. The summed E-state index contributed by atoms with van der Waals surface area (Å²) in [6.45, 7) is 0. The van der Waals surface area contributed by atoms with Crippen molar-refractivity contribution in [2.45, 2.75) is 4.90 Å². The van der Waals surface area contributed by atoms with Crippen LogP contribution in [0.4, 0.5) is 0 Å². The average Bonchev–Trinajstić information content (AvgIpc) is 2.97. The first kappa shape index (κ1) is 10.5. The summed E-state index contributed by atoms with van der Waals surface area (Å²) in [5.74, 6) is 0. The smallest absolute Gasteiger partial charge is 0.139 e. The van der Waals surface area contributed by atoms with Crippen molar-refractivity contribution in [3.05, 3.63) is 16.6 Å². The van der Waals surface area contributed by atoms with E-state index in [1.807, 2.05) is 12.1 Å². The van der Waals surface area contributed by atoms with Crippen LogP contribution in [0.1, 0.15) is 0 Å². The Morgan fingerprint density at radius 3 is 2.71 bits per heavy atom. The summed E-state index contributed by atoms with van der Waals surface area (Å²) in [5, 5.41) is 19.2. The molecule has 0 N–H and O–H groups in total. The molecule has 1 aliphatic heterocycles. The van der Waals surface area contributed by atoms with E-state index >= 15 is 0 Å². The molecule has 0 radical (unpaired) electrons. The number of fused-ring (bicyclic) bond motifs is 3. The van der Waals surface area contributed by atoms with Gasteiger partial charge in [0.1, 0.15) is 34.1 Å². The summed E-state index contributed by atoms with van der Waals surface area (Å²) >= 11 is 1.06. The van der Waals surface area contributed by atoms with E-state index in [0.29, 0.717) is 16.3 Å². The summed E-state index contributed by atoms with van der Waals surface area (Å²) in [6, 6.07) is 5.56. The lowest BCUT2D eigenvalue weighted by Crippen LogP contribution is -2.14. The predicted molar refractivity (Wildman–Crippen MR) is 66.3 cm³/mol. The highest BCUT2D eigenvalue weighted by molar-refractivity contribution is 8.76. The van der Waals surface area contributed by atoms with Crippen molar-refractivity contribution in [1.82, 2.24) is 8.75 Å². The molecule has 0 bridgehead atoms. The number of rotatable bonds is 0. The van der Waals surface area contributed by atoms with Gasteiger partial charge in [-0.1, -0.05) is 0 Å². The lowest BCUT2D eigenvalue weighted by atomic mass is 10.1. The molecule has 2 aromatic rings. The van der Waals surface area contributed by atoms with E-state index in [2.05, 4.69) is 13.1 Å². The Hall–Kier alpha value is -1.61. The van der Waals surface area contributed by atoms with E-state index in [-0.39, 0.29) is 5.57 Å². The first-order chi connectivity index (χ1) is 8.35. The second kappa shape index (κ2) is 4.00. The van der Waals surface area contributed by atoms with Crippen molar-refractivity contribution >= 4 is 50.1 Å². The fourth-order valence-corrected chi connectivity index (χ4v) is 3.83. The van der Waals surface area contributed by atoms with E-state index in [9.17, 15) is 0 Å². The minimum absolute atomic E-state index is 0.0583. The van der Waals surface area contributed by atoms with Crippen LogP contribution in [-0.2, 0) is 0 Å². The summed E-state index contributed by atoms with van der Waals surface area (Å²) in [7, 11) is 2.85. The third-order valence-electron chi connectivity index (χ3n) is 2.23. The lowest BCUT2D eigenvalue weighted by Gasteiger charge is -1.93. The maximum absolute atomic E-state index is 8.94. The minimum Gasteiger partial charge on any atom is -0.201 e. The van der Waals surface area contributed by atoms with Crippen molar-refractivity contribution in [3.63, 3.8) is 0 Å². The van der Waals surface area contributed by atoms with Crippen molar-refractivity contribution < 1.29 is 0 Å². The zero-order chi connectivity index (χ0) is 11.8. The molecule has 0 aliphatic carbocycles. The highest BCUT2D eigenvalue weighted by Gasteiger charge is 2.15. The van der Waals surface area contributed by atoms with Crippen molar-refractivity contribution in [1.29, 1.82) is 10.5 Å². The Labute approximate surface area is 107 Å². The highest BCUT2D eigenvalue weighted by Crippen LogP contribution is 2.34. The van der Waals surface area contributed by atoms with Gasteiger partial charge in [-0.3, -0.25) is 0 Å². The Kier molecular flexibility index (Phi) is 2.48. The lowest BCUT2D eigenvalue weighted by molar-refractivity contribution is 1.31. The second-order valence-corrected chi connectivity index (χ2v) is 5.49. The van der Waals surface area contributed by atoms with Gasteiger partial charge in [0.05, 0.1) is 11.7 Å². The fourth-order valence-electron chi connectivity index (χ4n) is 1.49. The molecule has 0 atom stereocenters. The van der Waals surface area contributed by atoms with Gasteiger partial charge >= 0.3 is 0 Å². The molecule has 1 aromatic carbocycles. The molecule has 0 spiro atoms. The van der Waals surface area contributed by atoms with Gasteiger partial charge in [-0.2, -0.15) is 19.3 Å². The molecular formula is C9HN5S3. The molecule has 0 amide bonds. The highest BCUT2D eigenvalue weighted by atomic mass is 33.1. The maximum atomic E-state index is 8.94. The Bertz CT molecular complexity index is 807. The van der Waals surface area contributed by atoms with E-state index < -0.39 is 0 Å². The van der Waals surface area contributed by atoms with Gasteiger partial charge in [-0.05, 0) is 16.9 Å². The number of nitriles is 2. The Balaban J connectivity index is 2.63. The first-order valence-electron chi connectivity index (χ1n) is 4.36. The van der Waals surface area contributed by atoms with Crippen molar-refractivity contribution in [2.24, 2.45) is 4.40 Å². The molecular weight excluding hydrogens is 274 g/mol. The number of hydrogen-bond acceptors (Lipinski definition) is 8. The summed E-state index contributed by atoms with van der Waals surface area (Å²) < 4.78 is 12.6. The molecule has 2 heterocycles. The minimum atomic E-state index is 0.0583. The molecule has 5 nitrogen and oxygen atoms in total. The quantitative estimate of drug-likeness (QED) is 0.530. The summed E-state index contributed by atoms with van der Waals surface area (Å²) in [4.78, 5) is 0.924. The second-order valence-electron chi connectivity index (χ2n) is 3.08. The fraction of sp³-hybridized carbons (Fsp3) is 0. The van der Waals surface area contributed by atoms with Gasteiger partial charge in [-0.25, -0.2) is 4.40 Å². The Morgan fingerprint density at radius 1 is 1.18 bits per heavy atom. The van der Waals surface area contributed by atoms with Gasteiger partial charge in [0.15, 0.2) is 0 Å². The number of hydrogen-bond donors (Lipinski definition) is 0. The summed E-state index contributed by atoms with van der Waals surface area (Å²) in [5.41, 5.74) is 1.31. The molecule has 0 fully saturated rings. The number of benzene rings is 1. The van der Waals surface area contributed by atoms with Gasteiger partial charge in [0.25, 0.3) is 0 Å². The predicted octanol–water partition coefficient (Wildman–Crippen LogP) is 1.18. The molecule has 0 saturated heterocycles. The van der Waals surface area contributed by atoms with Crippen LogP contribution in [0.5, 0.6) is 0 Å². The molecule has 0 saturated carbocycles. The van der Waals surface area contributed by atoms with Crippen LogP contribution in [0.15, 0.2) is 15.4 Å². The molecule has 1 aliphatic rings. The van der Waals surface area contributed by atoms with Crippen LogP contribution in [0.25, 0.3) is 16.6 Å². The van der Waals surface area contributed by atoms with E-state index in [4.69, 9.17) is 10.5 Å².